The van der Waals surface area contributed by atoms with E-state index in [1.54, 1.807) is 0 Å². The van der Waals surface area contributed by atoms with Crippen molar-refractivity contribution in [2.75, 3.05) is 6.54 Å². The van der Waals surface area contributed by atoms with Gasteiger partial charge < -0.3 is 0 Å². The van der Waals surface area contributed by atoms with Crippen LogP contribution in [0, 0.1) is 0 Å². The molecule has 114 valence electrons. The van der Waals surface area contributed by atoms with E-state index in [0.29, 0.717) is 8.78 Å². The lowest BCUT2D eigenvalue weighted by molar-refractivity contribution is -0.142. The van der Waals surface area contributed by atoms with E-state index in [4.69, 9.17) is 0 Å². The molecular weight excluding hydrogens is 359 g/mol. The van der Waals surface area contributed by atoms with Crippen LogP contribution < -0.4 is 0 Å². The second-order valence-corrected chi connectivity index (χ2v) is 8.03. The Morgan fingerprint density at radius 2 is 1.55 bits per heavy atom. The molecule has 3 nitrogen and oxygen atoms in total. The molecule has 0 aliphatic carbocycles. The zero-order valence-corrected chi connectivity index (χ0v) is 13.6. The Labute approximate surface area is 125 Å². The van der Waals surface area contributed by atoms with Crippen molar-refractivity contribution in [3.63, 3.8) is 0 Å². The van der Waals surface area contributed by atoms with E-state index >= 15 is 0 Å². The van der Waals surface area contributed by atoms with Gasteiger partial charge in [-0.05, 0) is 45.0 Å². The van der Waals surface area contributed by atoms with Crippen LogP contribution in [0.15, 0.2) is 33.6 Å². The Hall–Kier alpha value is -0.600. The van der Waals surface area contributed by atoms with Gasteiger partial charge in [-0.15, -0.1) is 0 Å². The van der Waals surface area contributed by atoms with Gasteiger partial charge in [0.15, 0.2) is 0 Å². The lowest BCUT2D eigenvalue weighted by atomic mass is 10.1. The van der Waals surface area contributed by atoms with Crippen LogP contribution in [0.2, 0.25) is 0 Å². The quantitative estimate of drug-likeness (QED) is 0.807. The molecule has 0 N–H and O–H groups in total. The minimum atomic E-state index is -4.60. The number of alkyl halides is 3. The molecule has 0 saturated carbocycles. The van der Waals surface area contributed by atoms with Gasteiger partial charge in [-0.1, -0.05) is 15.9 Å². The molecule has 20 heavy (non-hydrogen) atoms. The van der Waals surface area contributed by atoms with Gasteiger partial charge in [-0.25, -0.2) is 8.42 Å². The van der Waals surface area contributed by atoms with Gasteiger partial charge in [0.05, 0.1) is 4.90 Å². The maximum absolute atomic E-state index is 12.6. The Morgan fingerprint density at radius 3 is 1.90 bits per heavy atom. The lowest BCUT2D eigenvalue weighted by Crippen LogP contribution is -2.49. The van der Waals surface area contributed by atoms with Crippen molar-refractivity contribution in [3.8, 4) is 0 Å². The monoisotopic (exact) mass is 373 g/mol. The van der Waals surface area contributed by atoms with E-state index in [1.807, 2.05) is 0 Å². The van der Waals surface area contributed by atoms with Gasteiger partial charge in [0, 0.05) is 10.0 Å². The molecule has 0 amide bonds. The van der Waals surface area contributed by atoms with Gasteiger partial charge >= 0.3 is 6.18 Å². The molecule has 0 aliphatic heterocycles. The van der Waals surface area contributed by atoms with Gasteiger partial charge in [0.2, 0.25) is 10.0 Å². The maximum Gasteiger partial charge on any atom is 0.402 e. The Balaban J connectivity index is 3.28. The summed E-state index contributed by atoms with van der Waals surface area (Å²) >= 11 is 3.15. The largest absolute Gasteiger partial charge is 0.402 e. The molecule has 8 heteroatoms. The standard InChI is InChI=1S/C12H15BrF3NO2S/c1-11(2,3)17(8-12(14,15)16)20(18,19)10-6-4-9(13)5-7-10/h4-7H,8H2,1-3H3. The van der Waals surface area contributed by atoms with E-state index in [0.717, 1.165) is 0 Å². The predicted octanol–water partition coefficient (Wildman–Crippen LogP) is 3.80. The number of nitrogens with zero attached hydrogens (tertiary/aromatic N) is 1. The van der Waals surface area contributed by atoms with Crippen LogP contribution in [0.5, 0.6) is 0 Å². The highest BCUT2D eigenvalue weighted by Crippen LogP contribution is 2.29. The first-order valence-corrected chi connectivity index (χ1v) is 7.92. The molecule has 0 fully saturated rings. The molecule has 0 bridgehead atoms. The summed E-state index contributed by atoms with van der Waals surface area (Å²) in [4.78, 5) is -0.167. The van der Waals surface area contributed by atoms with Crippen LogP contribution >= 0.6 is 15.9 Å². The minimum Gasteiger partial charge on any atom is -0.207 e. The first-order valence-electron chi connectivity index (χ1n) is 5.69. The average molecular weight is 374 g/mol. The lowest BCUT2D eigenvalue weighted by Gasteiger charge is -2.34. The summed E-state index contributed by atoms with van der Waals surface area (Å²) in [6.07, 6.45) is -4.60. The molecule has 0 radical (unpaired) electrons. The minimum absolute atomic E-state index is 0.167. The van der Waals surface area contributed by atoms with Crippen molar-refractivity contribution in [1.82, 2.24) is 4.31 Å². The average Bonchev–Trinajstić information content (AvgIpc) is 2.24. The van der Waals surface area contributed by atoms with Crippen molar-refractivity contribution < 1.29 is 21.6 Å². The smallest absolute Gasteiger partial charge is 0.207 e. The van der Waals surface area contributed by atoms with E-state index in [2.05, 4.69) is 15.9 Å². The highest BCUT2D eigenvalue weighted by molar-refractivity contribution is 9.10. The van der Waals surface area contributed by atoms with E-state index in [-0.39, 0.29) is 4.90 Å². The molecule has 1 rings (SSSR count). The maximum atomic E-state index is 12.6. The Kier molecular flexibility index (Phi) is 4.93. The van der Waals surface area contributed by atoms with Crippen LogP contribution in [0.25, 0.3) is 0 Å². The number of rotatable bonds is 3. The van der Waals surface area contributed by atoms with E-state index < -0.39 is 28.3 Å². The van der Waals surface area contributed by atoms with Crippen molar-refractivity contribution in [2.24, 2.45) is 0 Å². The summed E-state index contributed by atoms with van der Waals surface area (Å²) < 4.78 is 63.8. The molecule has 0 atom stereocenters. The summed E-state index contributed by atoms with van der Waals surface area (Å²) in [7, 11) is -4.22. The molecule has 0 aliphatic rings. The highest BCUT2D eigenvalue weighted by Gasteiger charge is 2.42. The van der Waals surface area contributed by atoms with E-state index in [9.17, 15) is 21.6 Å². The SMILES string of the molecule is CC(C)(C)N(CC(F)(F)F)S(=O)(=O)c1ccc(Br)cc1. The molecule has 0 heterocycles. The molecule has 1 aromatic rings. The molecule has 0 unspecified atom stereocenters. The topological polar surface area (TPSA) is 37.4 Å². The zero-order chi connectivity index (χ0) is 15.8. The van der Waals surface area contributed by atoms with Crippen molar-refractivity contribution in [2.45, 2.75) is 37.4 Å². The van der Waals surface area contributed by atoms with Crippen LogP contribution in [0.1, 0.15) is 20.8 Å². The third kappa shape index (κ3) is 4.46. The van der Waals surface area contributed by atoms with E-state index in [1.165, 1.54) is 45.0 Å². The summed E-state index contributed by atoms with van der Waals surface area (Å²) in [6, 6.07) is 5.49. The van der Waals surface area contributed by atoms with Crippen molar-refractivity contribution >= 4 is 26.0 Å². The van der Waals surface area contributed by atoms with Crippen molar-refractivity contribution in [3.05, 3.63) is 28.7 Å². The first-order chi connectivity index (χ1) is 8.84. The first kappa shape index (κ1) is 17.5. The van der Waals surface area contributed by atoms with Crippen LogP contribution in [-0.4, -0.2) is 31.0 Å². The fourth-order valence-electron chi connectivity index (χ4n) is 1.58. The summed E-state index contributed by atoms with van der Waals surface area (Å²) in [5, 5.41) is 0. The number of benzene rings is 1. The molecule has 0 aromatic heterocycles. The Bertz CT molecular complexity index is 562. The molecule has 1 aromatic carbocycles. The number of hydrogen-bond acceptors (Lipinski definition) is 2. The summed E-state index contributed by atoms with van der Waals surface area (Å²) in [6.45, 7) is 2.76. The summed E-state index contributed by atoms with van der Waals surface area (Å²) in [5.74, 6) is 0. The van der Waals surface area contributed by atoms with Crippen LogP contribution in [-0.2, 0) is 10.0 Å². The van der Waals surface area contributed by atoms with Gasteiger partial charge in [0.25, 0.3) is 0 Å². The van der Waals surface area contributed by atoms with Crippen molar-refractivity contribution in [1.29, 1.82) is 0 Å². The number of halogens is 4. The molecular formula is C12H15BrF3NO2S. The predicted molar refractivity (Wildman–Crippen MR) is 73.8 cm³/mol. The second-order valence-electron chi connectivity index (χ2n) is 5.25. The highest BCUT2D eigenvalue weighted by atomic mass is 79.9. The van der Waals surface area contributed by atoms with Crippen LogP contribution in [0.4, 0.5) is 13.2 Å². The molecule has 0 saturated heterocycles. The Morgan fingerprint density at radius 1 is 1.10 bits per heavy atom. The fraction of sp³-hybridized carbons (Fsp3) is 0.500. The fourth-order valence-corrected chi connectivity index (χ4v) is 3.62. The third-order valence-corrected chi connectivity index (χ3v) is 5.13. The second kappa shape index (κ2) is 5.65. The van der Waals surface area contributed by atoms with Gasteiger partial charge in [-0.3, -0.25) is 0 Å². The molecule has 0 spiro atoms. The third-order valence-electron chi connectivity index (χ3n) is 2.47. The summed E-state index contributed by atoms with van der Waals surface area (Å²) in [5.41, 5.74) is -1.18. The van der Waals surface area contributed by atoms with Gasteiger partial charge in [-0.2, -0.15) is 17.5 Å². The number of sulfonamides is 1. The zero-order valence-electron chi connectivity index (χ0n) is 11.2. The normalized spacial score (nSPS) is 13.8. The van der Waals surface area contributed by atoms with Gasteiger partial charge in [0.1, 0.15) is 6.54 Å². The van der Waals surface area contributed by atoms with Crippen LogP contribution in [0.3, 0.4) is 0 Å². The number of hydrogen-bond donors (Lipinski definition) is 0.